The lowest BCUT2D eigenvalue weighted by Gasteiger charge is -2.23. The van der Waals surface area contributed by atoms with Gasteiger partial charge in [0.25, 0.3) is 0 Å². The molecule has 0 aromatic carbocycles. The van der Waals surface area contributed by atoms with Gasteiger partial charge in [-0.2, -0.15) is 0 Å². The first-order chi connectivity index (χ1) is 10.2. The zero-order chi connectivity index (χ0) is 15.1. The Labute approximate surface area is 130 Å². The molecular weight excluding hydrogens is 258 g/mol. The number of hydrogen-bond acceptors (Lipinski definition) is 3. The number of hydrogen-bond donors (Lipinski definition) is 1. The van der Waals surface area contributed by atoms with Crippen molar-refractivity contribution < 1.29 is 0 Å². The lowest BCUT2D eigenvalue weighted by Crippen LogP contribution is -2.25. The Balaban J connectivity index is 1.96. The molecule has 1 fully saturated rings. The predicted octanol–water partition coefficient (Wildman–Crippen LogP) is 3.99. The first kappa shape index (κ1) is 16.3. The summed E-state index contributed by atoms with van der Waals surface area (Å²) in [5.41, 5.74) is 2.50. The van der Waals surface area contributed by atoms with E-state index in [-0.39, 0.29) is 0 Å². The van der Waals surface area contributed by atoms with Crippen LogP contribution in [0, 0.1) is 5.92 Å². The SMILES string of the molecule is CCCC1CCCN(c2ccnc(CNC(C)C)c2)CC1. The molecule has 0 aliphatic carbocycles. The molecule has 21 heavy (non-hydrogen) atoms. The van der Waals surface area contributed by atoms with E-state index in [1.54, 1.807) is 0 Å². The lowest BCUT2D eigenvalue weighted by atomic mass is 9.96. The first-order valence-corrected chi connectivity index (χ1v) is 8.62. The molecule has 3 nitrogen and oxygen atoms in total. The Kier molecular flexibility index (Phi) is 6.50. The molecular formula is C18H31N3. The van der Waals surface area contributed by atoms with Crippen LogP contribution >= 0.6 is 0 Å². The zero-order valence-electron chi connectivity index (χ0n) is 13.9. The normalized spacial score (nSPS) is 19.8. The maximum absolute atomic E-state index is 4.48. The molecule has 1 N–H and O–H groups in total. The second-order valence-electron chi connectivity index (χ2n) is 6.61. The molecule has 1 unspecified atom stereocenters. The largest absolute Gasteiger partial charge is 0.371 e. The van der Waals surface area contributed by atoms with Crippen molar-refractivity contribution in [2.45, 2.75) is 65.5 Å². The van der Waals surface area contributed by atoms with Gasteiger partial charge in [-0.3, -0.25) is 4.98 Å². The van der Waals surface area contributed by atoms with Crippen molar-refractivity contribution in [1.82, 2.24) is 10.3 Å². The van der Waals surface area contributed by atoms with Crippen molar-refractivity contribution in [2.75, 3.05) is 18.0 Å². The molecule has 1 aliphatic heterocycles. The lowest BCUT2D eigenvalue weighted by molar-refractivity contribution is 0.435. The van der Waals surface area contributed by atoms with E-state index >= 15 is 0 Å². The Hall–Kier alpha value is -1.09. The molecule has 1 atom stereocenters. The number of pyridine rings is 1. The van der Waals surface area contributed by atoms with Gasteiger partial charge in [0.15, 0.2) is 0 Å². The quantitative estimate of drug-likeness (QED) is 0.858. The van der Waals surface area contributed by atoms with E-state index in [0.29, 0.717) is 6.04 Å². The Bertz CT molecular complexity index is 417. The van der Waals surface area contributed by atoms with Gasteiger partial charge in [-0.25, -0.2) is 0 Å². The van der Waals surface area contributed by atoms with Gasteiger partial charge in [0.2, 0.25) is 0 Å². The highest BCUT2D eigenvalue weighted by Gasteiger charge is 2.17. The van der Waals surface area contributed by atoms with Gasteiger partial charge in [0.1, 0.15) is 0 Å². The molecule has 0 radical (unpaired) electrons. The third-order valence-corrected chi connectivity index (χ3v) is 4.40. The molecule has 2 heterocycles. The fourth-order valence-electron chi connectivity index (χ4n) is 3.19. The minimum absolute atomic E-state index is 0.503. The first-order valence-electron chi connectivity index (χ1n) is 8.62. The van der Waals surface area contributed by atoms with Crippen LogP contribution in [0.1, 0.15) is 58.6 Å². The van der Waals surface area contributed by atoms with Crippen LogP contribution < -0.4 is 10.2 Å². The van der Waals surface area contributed by atoms with Crippen LogP contribution in [-0.4, -0.2) is 24.1 Å². The highest BCUT2D eigenvalue weighted by atomic mass is 15.1. The van der Waals surface area contributed by atoms with Crippen LogP contribution in [0.25, 0.3) is 0 Å². The summed E-state index contributed by atoms with van der Waals surface area (Å²) in [6, 6.07) is 4.93. The summed E-state index contributed by atoms with van der Waals surface area (Å²) in [5.74, 6) is 0.934. The van der Waals surface area contributed by atoms with Crippen LogP contribution in [0.5, 0.6) is 0 Å². The van der Waals surface area contributed by atoms with Crippen molar-refractivity contribution in [3.63, 3.8) is 0 Å². The van der Waals surface area contributed by atoms with Gasteiger partial charge in [0.05, 0.1) is 5.69 Å². The Morgan fingerprint density at radius 1 is 1.33 bits per heavy atom. The molecule has 0 saturated carbocycles. The standard InChI is InChI=1S/C18H31N3/c1-4-6-16-7-5-11-21(12-9-16)18-8-10-19-17(13-18)14-20-15(2)3/h8,10,13,15-16,20H,4-7,9,11-12,14H2,1-3H3. The summed E-state index contributed by atoms with van der Waals surface area (Å²) in [5, 5.41) is 3.45. The van der Waals surface area contributed by atoms with E-state index in [1.165, 1.54) is 50.9 Å². The number of aromatic nitrogens is 1. The van der Waals surface area contributed by atoms with E-state index in [9.17, 15) is 0 Å². The minimum Gasteiger partial charge on any atom is -0.371 e. The molecule has 1 aromatic heterocycles. The van der Waals surface area contributed by atoms with E-state index < -0.39 is 0 Å². The maximum atomic E-state index is 4.48. The van der Waals surface area contributed by atoms with Crippen molar-refractivity contribution in [2.24, 2.45) is 5.92 Å². The van der Waals surface area contributed by atoms with E-state index in [1.807, 2.05) is 6.20 Å². The van der Waals surface area contributed by atoms with Crippen LogP contribution in [-0.2, 0) is 6.54 Å². The van der Waals surface area contributed by atoms with E-state index in [4.69, 9.17) is 0 Å². The van der Waals surface area contributed by atoms with Gasteiger partial charge in [-0.15, -0.1) is 0 Å². The van der Waals surface area contributed by atoms with E-state index in [0.717, 1.165) is 18.2 Å². The van der Waals surface area contributed by atoms with Crippen LogP contribution in [0.15, 0.2) is 18.3 Å². The van der Waals surface area contributed by atoms with Crippen molar-refractivity contribution in [3.05, 3.63) is 24.0 Å². The Morgan fingerprint density at radius 2 is 2.19 bits per heavy atom. The number of nitrogens with one attached hydrogen (secondary N) is 1. The van der Waals surface area contributed by atoms with E-state index in [2.05, 4.69) is 48.1 Å². The molecule has 0 bridgehead atoms. The monoisotopic (exact) mass is 289 g/mol. The third kappa shape index (κ3) is 5.31. The van der Waals surface area contributed by atoms with Crippen molar-refractivity contribution >= 4 is 5.69 Å². The highest BCUT2D eigenvalue weighted by Crippen LogP contribution is 2.25. The number of nitrogens with zero attached hydrogens (tertiary/aromatic N) is 2. The molecule has 0 amide bonds. The molecule has 0 spiro atoms. The van der Waals surface area contributed by atoms with Crippen LogP contribution in [0.2, 0.25) is 0 Å². The number of anilines is 1. The van der Waals surface area contributed by atoms with Crippen molar-refractivity contribution in [3.8, 4) is 0 Å². The fraction of sp³-hybridized carbons (Fsp3) is 0.722. The second-order valence-corrected chi connectivity index (χ2v) is 6.61. The second kappa shape index (κ2) is 8.38. The molecule has 1 aromatic rings. The fourth-order valence-corrected chi connectivity index (χ4v) is 3.19. The zero-order valence-corrected chi connectivity index (χ0v) is 13.9. The van der Waals surface area contributed by atoms with Gasteiger partial charge >= 0.3 is 0 Å². The summed E-state index contributed by atoms with van der Waals surface area (Å²) < 4.78 is 0. The average molecular weight is 289 g/mol. The summed E-state index contributed by atoms with van der Waals surface area (Å²) in [6.45, 7) is 9.91. The maximum Gasteiger partial charge on any atom is 0.0562 e. The average Bonchev–Trinajstić information content (AvgIpc) is 2.72. The molecule has 2 rings (SSSR count). The molecule has 1 aliphatic rings. The highest BCUT2D eigenvalue weighted by molar-refractivity contribution is 5.46. The smallest absolute Gasteiger partial charge is 0.0562 e. The minimum atomic E-state index is 0.503. The van der Waals surface area contributed by atoms with Crippen molar-refractivity contribution in [1.29, 1.82) is 0 Å². The van der Waals surface area contributed by atoms with Crippen LogP contribution in [0.4, 0.5) is 5.69 Å². The molecule has 3 heteroatoms. The third-order valence-electron chi connectivity index (χ3n) is 4.40. The summed E-state index contributed by atoms with van der Waals surface area (Å²) in [4.78, 5) is 7.04. The summed E-state index contributed by atoms with van der Waals surface area (Å²) in [7, 11) is 0. The van der Waals surface area contributed by atoms with Crippen LogP contribution in [0.3, 0.4) is 0 Å². The van der Waals surface area contributed by atoms with Gasteiger partial charge in [-0.05, 0) is 37.3 Å². The topological polar surface area (TPSA) is 28.2 Å². The van der Waals surface area contributed by atoms with Gasteiger partial charge < -0.3 is 10.2 Å². The predicted molar refractivity (Wildman–Crippen MR) is 90.7 cm³/mol. The summed E-state index contributed by atoms with van der Waals surface area (Å²) >= 11 is 0. The number of rotatable bonds is 6. The van der Waals surface area contributed by atoms with Gasteiger partial charge in [-0.1, -0.05) is 33.6 Å². The van der Waals surface area contributed by atoms with Gasteiger partial charge in [0, 0.05) is 37.6 Å². The summed E-state index contributed by atoms with van der Waals surface area (Å²) in [6.07, 6.45) is 8.75. The molecule has 1 saturated heterocycles. The molecule has 118 valence electrons. The Morgan fingerprint density at radius 3 is 2.95 bits per heavy atom.